The van der Waals surface area contributed by atoms with Crippen molar-refractivity contribution in [2.75, 3.05) is 0 Å². The van der Waals surface area contributed by atoms with Crippen LogP contribution in [-0.2, 0) is 13.5 Å². The third kappa shape index (κ3) is 2.47. The number of hydrogen-bond acceptors (Lipinski definition) is 4. The number of rotatable bonds is 4. The van der Waals surface area contributed by atoms with Crippen molar-refractivity contribution in [1.29, 1.82) is 0 Å². The molecule has 0 bridgehead atoms. The van der Waals surface area contributed by atoms with Crippen molar-refractivity contribution in [3.63, 3.8) is 0 Å². The molecule has 0 aliphatic rings. The fourth-order valence-corrected chi connectivity index (χ4v) is 2.91. The van der Waals surface area contributed by atoms with Crippen LogP contribution in [0.15, 0.2) is 5.38 Å². The van der Waals surface area contributed by atoms with Gasteiger partial charge in [0, 0.05) is 36.1 Å². The van der Waals surface area contributed by atoms with Crippen molar-refractivity contribution in [2.45, 2.75) is 39.7 Å². The zero-order chi connectivity index (χ0) is 13.3. The molecule has 2 rings (SSSR count). The average molecular weight is 264 g/mol. The van der Waals surface area contributed by atoms with Gasteiger partial charge in [-0.25, -0.2) is 4.98 Å². The molecule has 98 valence electrons. The van der Waals surface area contributed by atoms with Crippen molar-refractivity contribution in [2.24, 2.45) is 12.8 Å². The molecule has 0 spiro atoms. The SMILES string of the molecule is CCC(N)Cc1nc(-c2c(C)nn(C)c2C)cs1. The highest BCUT2D eigenvalue weighted by atomic mass is 32.1. The molecular weight excluding hydrogens is 244 g/mol. The van der Waals surface area contributed by atoms with Crippen LogP contribution in [0.3, 0.4) is 0 Å². The number of hydrogen-bond donors (Lipinski definition) is 1. The van der Waals surface area contributed by atoms with Gasteiger partial charge in [0.05, 0.1) is 16.4 Å². The Kier molecular flexibility index (Phi) is 3.82. The number of nitrogens with two attached hydrogens (primary N) is 1. The number of aromatic nitrogens is 3. The Morgan fingerprint density at radius 1 is 1.44 bits per heavy atom. The fraction of sp³-hybridized carbons (Fsp3) is 0.538. The lowest BCUT2D eigenvalue weighted by atomic mass is 10.1. The van der Waals surface area contributed by atoms with Crippen LogP contribution < -0.4 is 5.73 Å². The minimum absolute atomic E-state index is 0.208. The maximum atomic E-state index is 5.97. The number of nitrogens with zero attached hydrogens (tertiary/aromatic N) is 3. The molecule has 0 aromatic carbocycles. The molecule has 0 fully saturated rings. The van der Waals surface area contributed by atoms with E-state index in [1.807, 2.05) is 18.7 Å². The lowest BCUT2D eigenvalue weighted by Crippen LogP contribution is -2.21. The number of thiazole rings is 1. The molecule has 2 aromatic heterocycles. The lowest BCUT2D eigenvalue weighted by Gasteiger charge is -2.04. The van der Waals surface area contributed by atoms with E-state index in [1.54, 1.807) is 11.3 Å². The van der Waals surface area contributed by atoms with E-state index in [4.69, 9.17) is 5.73 Å². The molecule has 0 saturated carbocycles. The zero-order valence-corrected chi connectivity index (χ0v) is 12.2. The van der Waals surface area contributed by atoms with Gasteiger partial charge in [-0.05, 0) is 20.3 Å². The highest BCUT2D eigenvalue weighted by Gasteiger charge is 2.15. The van der Waals surface area contributed by atoms with Crippen molar-refractivity contribution < 1.29 is 0 Å². The maximum Gasteiger partial charge on any atom is 0.0948 e. The van der Waals surface area contributed by atoms with E-state index in [0.717, 1.165) is 40.5 Å². The van der Waals surface area contributed by atoms with Gasteiger partial charge in [-0.3, -0.25) is 4.68 Å². The summed E-state index contributed by atoms with van der Waals surface area (Å²) < 4.78 is 1.90. The standard InChI is InChI=1S/C13H20N4S/c1-5-10(14)6-12-15-11(7-18-12)13-8(2)16-17(4)9(13)3/h7,10H,5-6,14H2,1-4H3. The predicted molar refractivity (Wildman–Crippen MR) is 75.8 cm³/mol. The summed E-state index contributed by atoms with van der Waals surface area (Å²) in [5.41, 5.74) is 10.3. The van der Waals surface area contributed by atoms with Gasteiger partial charge in [0.15, 0.2) is 0 Å². The summed E-state index contributed by atoms with van der Waals surface area (Å²) in [7, 11) is 1.96. The molecule has 0 aliphatic heterocycles. The van der Waals surface area contributed by atoms with E-state index in [1.165, 1.54) is 0 Å². The van der Waals surface area contributed by atoms with E-state index in [9.17, 15) is 0 Å². The van der Waals surface area contributed by atoms with Gasteiger partial charge in [-0.2, -0.15) is 5.10 Å². The second-order valence-electron chi connectivity index (χ2n) is 4.67. The highest BCUT2D eigenvalue weighted by molar-refractivity contribution is 7.09. The van der Waals surface area contributed by atoms with E-state index < -0.39 is 0 Å². The molecule has 5 heteroatoms. The van der Waals surface area contributed by atoms with E-state index in [-0.39, 0.29) is 6.04 Å². The summed E-state index contributed by atoms with van der Waals surface area (Å²) in [5.74, 6) is 0. The van der Waals surface area contributed by atoms with Gasteiger partial charge in [0.1, 0.15) is 0 Å². The van der Waals surface area contributed by atoms with Gasteiger partial charge in [0.2, 0.25) is 0 Å². The van der Waals surface area contributed by atoms with E-state index in [2.05, 4.69) is 29.3 Å². The molecule has 1 atom stereocenters. The first kappa shape index (κ1) is 13.2. The Hall–Kier alpha value is -1.20. The predicted octanol–water partition coefficient (Wildman–Crippen LogP) is 2.44. The normalized spacial score (nSPS) is 12.9. The topological polar surface area (TPSA) is 56.7 Å². The third-order valence-corrected chi connectivity index (χ3v) is 4.15. The average Bonchev–Trinajstić information content (AvgIpc) is 2.85. The first-order valence-corrected chi connectivity index (χ1v) is 7.11. The summed E-state index contributed by atoms with van der Waals surface area (Å²) in [6.07, 6.45) is 1.85. The third-order valence-electron chi connectivity index (χ3n) is 3.28. The quantitative estimate of drug-likeness (QED) is 0.922. The lowest BCUT2D eigenvalue weighted by molar-refractivity contribution is 0.644. The van der Waals surface area contributed by atoms with Gasteiger partial charge >= 0.3 is 0 Å². The summed E-state index contributed by atoms with van der Waals surface area (Å²) >= 11 is 1.69. The minimum atomic E-state index is 0.208. The summed E-state index contributed by atoms with van der Waals surface area (Å²) in [4.78, 5) is 4.69. The molecular formula is C13H20N4S. The Balaban J connectivity index is 2.29. The second kappa shape index (κ2) is 5.20. The van der Waals surface area contributed by atoms with Crippen LogP contribution >= 0.6 is 11.3 Å². The molecule has 2 N–H and O–H groups in total. The molecule has 1 unspecified atom stereocenters. The smallest absolute Gasteiger partial charge is 0.0948 e. The van der Waals surface area contributed by atoms with Crippen LogP contribution in [0.1, 0.15) is 29.7 Å². The summed E-state index contributed by atoms with van der Waals surface area (Å²) in [5, 5.41) is 7.65. The number of aryl methyl sites for hydroxylation is 2. The molecule has 0 amide bonds. The van der Waals surface area contributed by atoms with Crippen LogP contribution in [0.2, 0.25) is 0 Å². The molecule has 2 heterocycles. The minimum Gasteiger partial charge on any atom is -0.327 e. The van der Waals surface area contributed by atoms with Gasteiger partial charge in [-0.15, -0.1) is 11.3 Å². The first-order valence-electron chi connectivity index (χ1n) is 6.23. The Morgan fingerprint density at radius 2 is 2.17 bits per heavy atom. The summed E-state index contributed by atoms with van der Waals surface area (Å²) in [6, 6.07) is 0.208. The molecule has 0 radical (unpaired) electrons. The fourth-order valence-electron chi connectivity index (χ4n) is 2.03. The first-order chi connectivity index (χ1) is 8.52. The largest absolute Gasteiger partial charge is 0.327 e. The van der Waals surface area contributed by atoms with Gasteiger partial charge in [-0.1, -0.05) is 6.92 Å². The molecule has 0 aliphatic carbocycles. The molecule has 0 saturated heterocycles. The van der Waals surface area contributed by atoms with Gasteiger partial charge < -0.3 is 5.73 Å². The van der Waals surface area contributed by atoms with Crippen LogP contribution in [-0.4, -0.2) is 20.8 Å². The maximum absolute atomic E-state index is 5.97. The summed E-state index contributed by atoms with van der Waals surface area (Å²) in [6.45, 7) is 6.21. The second-order valence-corrected chi connectivity index (χ2v) is 5.61. The zero-order valence-electron chi connectivity index (χ0n) is 11.4. The molecule has 18 heavy (non-hydrogen) atoms. The Morgan fingerprint density at radius 3 is 2.72 bits per heavy atom. The Labute approximate surface area is 112 Å². The van der Waals surface area contributed by atoms with Crippen molar-refractivity contribution in [3.8, 4) is 11.3 Å². The molecule has 2 aromatic rings. The van der Waals surface area contributed by atoms with E-state index >= 15 is 0 Å². The van der Waals surface area contributed by atoms with E-state index in [0.29, 0.717) is 0 Å². The van der Waals surface area contributed by atoms with Crippen molar-refractivity contribution >= 4 is 11.3 Å². The molecule has 4 nitrogen and oxygen atoms in total. The highest BCUT2D eigenvalue weighted by Crippen LogP contribution is 2.28. The van der Waals surface area contributed by atoms with Gasteiger partial charge in [0.25, 0.3) is 0 Å². The monoisotopic (exact) mass is 264 g/mol. The van der Waals surface area contributed by atoms with Crippen LogP contribution in [0.5, 0.6) is 0 Å². The van der Waals surface area contributed by atoms with Crippen LogP contribution in [0.25, 0.3) is 11.3 Å². The van der Waals surface area contributed by atoms with Crippen molar-refractivity contribution in [1.82, 2.24) is 14.8 Å². The van der Waals surface area contributed by atoms with Crippen molar-refractivity contribution in [3.05, 3.63) is 21.8 Å². The van der Waals surface area contributed by atoms with Crippen LogP contribution in [0.4, 0.5) is 0 Å². The Bertz CT molecular complexity index is 541. The van der Waals surface area contributed by atoms with Crippen LogP contribution in [0, 0.1) is 13.8 Å².